The topological polar surface area (TPSA) is 49.8 Å². The van der Waals surface area contributed by atoms with Crippen LogP contribution >= 0.6 is 11.3 Å². The number of nitrogens with zero attached hydrogens (tertiary/aromatic N) is 2. The van der Waals surface area contributed by atoms with Gasteiger partial charge in [0, 0.05) is 24.2 Å². The van der Waals surface area contributed by atoms with Gasteiger partial charge in [-0.05, 0) is 20.3 Å². The molecule has 0 aliphatic carbocycles. The molecule has 2 aromatic heterocycles. The predicted molar refractivity (Wildman–Crippen MR) is 81.7 cm³/mol. The largest absolute Gasteiger partial charge is 0.368 e. The zero-order valence-corrected chi connectivity index (χ0v) is 13.0. The van der Waals surface area contributed by atoms with Gasteiger partial charge in [0.2, 0.25) is 0 Å². The average molecular weight is 312 g/mol. The van der Waals surface area contributed by atoms with Crippen molar-refractivity contribution in [3.63, 3.8) is 0 Å². The molecule has 0 aromatic carbocycles. The third-order valence-corrected chi connectivity index (χ3v) is 3.97. The van der Waals surface area contributed by atoms with E-state index in [4.69, 9.17) is 0 Å². The number of rotatable bonds is 6. The van der Waals surface area contributed by atoms with Crippen LogP contribution in [0, 0.1) is 11.6 Å². The minimum Gasteiger partial charge on any atom is -0.368 e. The fraction of sp³-hybridized carbons (Fsp3) is 0.429. The molecule has 0 saturated carbocycles. The van der Waals surface area contributed by atoms with E-state index in [-0.39, 0.29) is 11.6 Å². The molecule has 2 heterocycles. The van der Waals surface area contributed by atoms with E-state index in [2.05, 4.69) is 20.6 Å². The third kappa shape index (κ3) is 3.66. The molecule has 0 amide bonds. The number of anilines is 2. The Morgan fingerprint density at radius 2 is 1.95 bits per heavy atom. The summed E-state index contributed by atoms with van der Waals surface area (Å²) in [5.74, 6) is -1.36. The van der Waals surface area contributed by atoms with Crippen LogP contribution in [0.3, 0.4) is 0 Å². The third-order valence-electron chi connectivity index (χ3n) is 2.87. The molecule has 0 bridgehead atoms. The van der Waals surface area contributed by atoms with E-state index in [9.17, 15) is 8.78 Å². The molecule has 0 saturated heterocycles. The zero-order chi connectivity index (χ0) is 15.5. The molecule has 0 radical (unpaired) electrons. The minimum atomic E-state index is -0.723. The van der Waals surface area contributed by atoms with E-state index in [0.29, 0.717) is 6.54 Å². The van der Waals surface area contributed by atoms with Crippen molar-refractivity contribution in [3.05, 3.63) is 34.3 Å². The highest BCUT2D eigenvalue weighted by molar-refractivity contribution is 7.09. The maximum atomic E-state index is 13.9. The molecule has 2 N–H and O–H groups in total. The van der Waals surface area contributed by atoms with Crippen LogP contribution < -0.4 is 10.6 Å². The van der Waals surface area contributed by atoms with E-state index < -0.39 is 17.2 Å². The molecule has 0 unspecified atom stereocenters. The van der Waals surface area contributed by atoms with Crippen LogP contribution in [0.2, 0.25) is 0 Å². The van der Waals surface area contributed by atoms with Crippen molar-refractivity contribution in [2.75, 3.05) is 17.2 Å². The van der Waals surface area contributed by atoms with Crippen LogP contribution in [0.25, 0.3) is 0 Å². The van der Waals surface area contributed by atoms with Crippen LogP contribution in [-0.2, 0) is 5.54 Å². The molecule has 2 rings (SSSR count). The Morgan fingerprint density at radius 3 is 2.57 bits per heavy atom. The smallest absolute Gasteiger partial charge is 0.168 e. The SMILES string of the molecule is CCCNc1nc(NC(C)(C)c2nccs2)c(F)cc1F. The van der Waals surface area contributed by atoms with Gasteiger partial charge in [-0.3, -0.25) is 0 Å². The summed E-state index contributed by atoms with van der Waals surface area (Å²) in [7, 11) is 0. The van der Waals surface area contributed by atoms with Crippen LogP contribution in [0.1, 0.15) is 32.2 Å². The van der Waals surface area contributed by atoms with Gasteiger partial charge >= 0.3 is 0 Å². The van der Waals surface area contributed by atoms with E-state index in [0.717, 1.165) is 17.5 Å². The van der Waals surface area contributed by atoms with Crippen molar-refractivity contribution in [2.45, 2.75) is 32.7 Å². The Balaban J connectivity index is 2.27. The lowest BCUT2D eigenvalue weighted by atomic mass is 10.1. The number of halogens is 2. The van der Waals surface area contributed by atoms with Gasteiger partial charge in [-0.1, -0.05) is 6.92 Å². The lowest BCUT2D eigenvalue weighted by molar-refractivity contribution is 0.556. The summed E-state index contributed by atoms with van der Waals surface area (Å²) in [6.45, 7) is 6.27. The number of nitrogens with one attached hydrogen (secondary N) is 2. The molecule has 7 heteroatoms. The maximum absolute atomic E-state index is 13.9. The van der Waals surface area contributed by atoms with E-state index in [1.807, 2.05) is 26.2 Å². The van der Waals surface area contributed by atoms with Gasteiger partial charge in [0.05, 0.1) is 5.54 Å². The summed E-state index contributed by atoms with van der Waals surface area (Å²) < 4.78 is 27.6. The van der Waals surface area contributed by atoms with Crippen molar-refractivity contribution in [1.29, 1.82) is 0 Å². The summed E-state index contributed by atoms with van der Waals surface area (Å²) in [6.07, 6.45) is 2.51. The summed E-state index contributed by atoms with van der Waals surface area (Å²) in [5, 5.41) is 8.48. The normalized spacial score (nSPS) is 11.5. The van der Waals surface area contributed by atoms with Gasteiger partial charge in [-0.2, -0.15) is 0 Å². The Kier molecular flexibility index (Phi) is 4.72. The van der Waals surface area contributed by atoms with Crippen molar-refractivity contribution in [3.8, 4) is 0 Å². The Hall–Kier alpha value is -1.76. The summed E-state index contributed by atoms with van der Waals surface area (Å²) in [5.41, 5.74) is -0.595. The summed E-state index contributed by atoms with van der Waals surface area (Å²) in [4.78, 5) is 8.23. The molecule has 0 spiro atoms. The number of thiazole rings is 1. The molecule has 2 aromatic rings. The molecule has 0 atom stereocenters. The van der Waals surface area contributed by atoms with Gasteiger partial charge < -0.3 is 10.6 Å². The highest BCUT2D eigenvalue weighted by atomic mass is 32.1. The second kappa shape index (κ2) is 6.34. The fourth-order valence-corrected chi connectivity index (χ4v) is 2.52. The number of hydrogen-bond acceptors (Lipinski definition) is 5. The first-order valence-electron chi connectivity index (χ1n) is 6.72. The van der Waals surface area contributed by atoms with E-state index in [1.165, 1.54) is 11.3 Å². The lowest BCUT2D eigenvalue weighted by Gasteiger charge is -2.25. The molecule has 4 nitrogen and oxygen atoms in total. The Labute approximate surface area is 126 Å². The lowest BCUT2D eigenvalue weighted by Crippen LogP contribution is -2.29. The average Bonchev–Trinajstić information content (AvgIpc) is 2.95. The minimum absolute atomic E-state index is 0.00945. The maximum Gasteiger partial charge on any atom is 0.168 e. The van der Waals surface area contributed by atoms with Gasteiger partial charge in [-0.15, -0.1) is 11.3 Å². The van der Waals surface area contributed by atoms with Crippen molar-refractivity contribution in [1.82, 2.24) is 9.97 Å². The standard InChI is InChI=1S/C14H18F2N4S/c1-4-5-17-11-9(15)8-10(16)12(19-11)20-14(2,3)13-18-6-7-21-13/h6-8H,4-5H2,1-3H3,(H2,17,19,20). The first-order valence-corrected chi connectivity index (χ1v) is 7.60. The molecule has 0 aliphatic heterocycles. The summed E-state index contributed by atoms with van der Waals surface area (Å²) in [6, 6.07) is 0.839. The van der Waals surface area contributed by atoms with Crippen molar-refractivity contribution < 1.29 is 8.78 Å². The molecule has 21 heavy (non-hydrogen) atoms. The van der Waals surface area contributed by atoms with Crippen LogP contribution in [0.15, 0.2) is 17.6 Å². The molecular weight excluding hydrogens is 294 g/mol. The first-order chi connectivity index (χ1) is 9.94. The van der Waals surface area contributed by atoms with Crippen LogP contribution in [0.5, 0.6) is 0 Å². The fourth-order valence-electron chi connectivity index (χ4n) is 1.80. The van der Waals surface area contributed by atoms with Gasteiger partial charge in [-0.25, -0.2) is 18.7 Å². The highest BCUT2D eigenvalue weighted by Crippen LogP contribution is 2.28. The summed E-state index contributed by atoms with van der Waals surface area (Å²) >= 11 is 1.46. The van der Waals surface area contributed by atoms with Gasteiger partial charge in [0.1, 0.15) is 5.01 Å². The second-order valence-corrected chi connectivity index (χ2v) is 6.06. The number of pyridine rings is 1. The predicted octanol–water partition coefficient (Wildman–Crippen LogP) is 3.99. The Morgan fingerprint density at radius 1 is 1.24 bits per heavy atom. The monoisotopic (exact) mass is 312 g/mol. The van der Waals surface area contributed by atoms with Crippen molar-refractivity contribution >= 4 is 23.0 Å². The number of aromatic nitrogens is 2. The van der Waals surface area contributed by atoms with E-state index in [1.54, 1.807) is 6.20 Å². The highest BCUT2D eigenvalue weighted by Gasteiger charge is 2.25. The molecule has 114 valence electrons. The van der Waals surface area contributed by atoms with Crippen LogP contribution in [0.4, 0.5) is 20.4 Å². The van der Waals surface area contributed by atoms with Gasteiger partial charge in [0.25, 0.3) is 0 Å². The molecular formula is C14H18F2N4S. The molecule has 0 aliphatic rings. The zero-order valence-electron chi connectivity index (χ0n) is 12.2. The first kappa shape index (κ1) is 15.6. The van der Waals surface area contributed by atoms with Crippen LogP contribution in [-0.4, -0.2) is 16.5 Å². The quantitative estimate of drug-likeness (QED) is 0.847. The Bertz CT molecular complexity index is 599. The number of hydrogen-bond donors (Lipinski definition) is 2. The van der Waals surface area contributed by atoms with Crippen molar-refractivity contribution in [2.24, 2.45) is 0 Å². The van der Waals surface area contributed by atoms with Gasteiger partial charge in [0.15, 0.2) is 23.3 Å². The van der Waals surface area contributed by atoms with E-state index >= 15 is 0 Å². The molecule has 0 fully saturated rings. The second-order valence-electron chi connectivity index (χ2n) is 5.16.